The summed E-state index contributed by atoms with van der Waals surface area (Å²) in [6, 6.07) is 8.26. The molecule has 20 heavy (non-hydrogen) atoms. The minimum Gasteiger partial charge on any atom is -0.332 e. The first-order valence-electron chi connectivity index (χ1n) is 6.91. The molecule has 0 aromatic carbocycles. The minimum absolute atomic E-state index is 0.250. The second-order valence-corrected chi connectivity index (χ2v) is 6.78. The molecule has 2 aromatic rings. The topological polar surface area (TPSA) is 20.3 Å². The molecule has 107 valence electrons. The van der Waals surface area contributed by atoms with Crippen LogP contribution in [0.3, 0.4) is 0 Å². The summed E-state index contributed by atoms with van der Waals surface area (Å²) in [6.45, 7) is 5.27. The second kappa shape index (κ2) is 8.22. The maximum Gasteiger partial charge on any atom is 0.223 e. The lowest BCUT2D eigenvalue weighted by atomic mass is 10.2. The average Bonchev–Trinajstić information content (AvgIpc) is 3.11. The Morgan fingerprint density at radius 3 is 2.10 bits per heavy atom. The summed E-state index contributed by atoms with van der Waals surface area (Å²) in [5.74, 6) is 0.250. The molecule has 0 atom stereocenters. The molecule has 0 fully saturated rings. The number of amides is 1. The summed E-state index contributed by atoms with van der Waals surface area (Å²) < 4.78 is 0. The van der Waals surface area contributed by atoms with Crippen molar-refractivity contribution in [2.24, 2.45) is 0 Å². The van der Waals surface area contributed by atoms with Crippen molar-refractivity contribution in [1.82, 2.24) is 4.90 Å². The van der Waals surface area contributed by atoms with Gasteiger partial charge >= 0.3 is 0 Å². The Morgan fingerprint density at radius 1 is 1.05 bits per heavy atom. The predicted octanol–water partition coefficient (Wildman–Crippen LogP) is 4.73. The van der Waals surface area contributed by atoms with E-state index in [0.717, 1.165) is 32.4 Å². The molecule has 2 nitrogen and oxygen atoms in total. The molecule has 0 saturated heterocycles. The number of hydrogen-bond donors (Lipinski definition) is 0. The van der Waals surface area contributed by atoms with Crippen LogP contribution in [0, 0.1) is 6.92 Å². The van der Waals surface area contributed by atoms with Crippen LogP contribution < -0.4 is 0 Å². The maximum absolute atomic E-state index is 12.4. The van der Waals surface area contributed by atoms with Gasteiger partial charge in [-0.2, -0.15) is 0 Å². The van der Waals surface area contributed by atoms with Crippen molar-refractivity contribution < 1.29 is 4.79 Å². The summed E-state index contributed by atoms with van der Waals surface area (Å²) >= 11 is 3.42. The molecule has 2 aromatic heterocycles. The van der Waals surface area contributed by atoms with Crippen LogP contribution in [0.1, 0.15) is 35.4 Å². The molecule has 0 aliphatic heterocycles. The molecule has 4 heteroatoms. The van der Waals surface area contributed by atoms with Crippen molar-refractivity contribution in [3.63, 3.8) is 0 Å². The molecule has 2 heterocycles. The summed E-state index contributed by atoms with van der Waals surface area (Å²) in [5.41, 5.74) is 0. The van der Waals surface area contributed by atoms with Crippen LogP contribution in [0.4, 0.5) is 0 Å². The van der Waals surface area contributed by atoms with Crippen LogP contribution in [-0.2, 0) is 17.9 Å². The first kappa shape index (κ1) is 15.3. The third kappa shape index (κ3) is 4.76. The lowest BCUT2D eigenvalue weighted by molar-refractivity contribution is -0.132. The fourth-order valence-corrected chi connectivity index (χ4v) is 3.46. The predicted molar refractivity (Wildman–Crippen MR) is 86.7 cm³/mol. The minimum atomic E-state index is 0.250. The third-order valence-corrected chi connectivity index (χ3v) is 4.82. The number of carbonyl (C=O) groups is 1. The van der Waals surface area contributed by atoms with Gasteiger partial charge in [0.15, 0.2) is 0 Å². The van der Waals surface area contributed by atoms with Crippen molar-refractivity contribution in [1.29, 1.82) is 0 Å². The van der Waals surface area contributed by atoms with Crippen LogP contribution in [-0.4, -0.2) is 10.8 Å². The smallest absolute Gasteiger partial charge is 0.223 e. The highest BCUT2D eigenvalue weighted by molar-refractivity contribution is 7.10. The number of unbranched alkanes of at least 4 members (excludes halogenated alkanes) is 2. The summed E-state index contributed by atoms with van der Waals surface area (Å²) in [7, 11) is 0. The second-order valence-electron chi connectivity index (χ2n) is 4.72. The maximum atomic E-state index is 12.4. The van der Waals surface area contributed by atoms with E-state index in [4.69, 9.17) is 0 Å². The van der Waals surface area contributed by atoms with Crippen molar-refractivity contribution in [2.75, 3.05) is 0 Å². The first-order valence-corrected chi connectivity index (χ1v) is 8.67. The molecule has 0 unspecified atom stereocenters. The Balaban J connectivity index is 1.97. The van der Waals surface area contributed by atoms with Gasteiger partial charge in [-0.1, -0.05) is 31.9 Å². The van der Waals surface area contributed by atoms with E-state index >= 15 is 0 Å². The van der Waals surface area contributed by atoms with E-state index in [2.05, 4.69) is 29.8 Å². The average molecular weight is 306 g/mol. The highest BCUT2D eigenvalue weighted by Gasteiger charge is 2.15. The highest BCUT2D eigenvalue weighted by atomic mass is 32.1. The first-order chi connectivity index (χ1) is 9.79. The van der Waals surface area contributed by atoms with E-state index in [9.17, 15) is 4.79 Å². The van der Waals surface area contributed by atoms with Crippen molar-refractivity contribution >= 4 is 28.6 Å². The van der Waals surface area contributed by atoms with E-state index < -0.39 is 0 Å². The van der Waals surface area contributed by atoms with Gasteiger partial charge in [-0.25, -0.2) is 0 Å². The van der Waals surface area contributed by atoms with E-state index in [1.807, 2.05) is 17.0 Å². The number of hydrogen-bond acceptors (Lipinski definition) is 3. The standard InChI is InChI=1S/C16H20NOS2/c1-2-3-4-9-16(18)17(12-14-7-5-10-19-14)13-15-8-6-11-20-15/h5-8,10-11H,1-4,9,12-13H2. The van der Waals surface area contributed by atoms with Gasteiger partial charge in [0, 0.05) is 16.2 Å². The molecule has 0 spiro atoms. The van der Waals surface area contributed by atoms with Crippen molar-refractivity contribution in [3.8, 4) is 0 Å². The van der Waals surface area contributed by atoms with Gasteiger partial charge in [0.2, 0.25) is 5.91 Å². The molecule has 2 rings (SSSR count). The van der Waals surface area contributed by atoms with Crippen LogP contribution >= 0.6 is 22.7 Å². The van der Waals surface area contributed by atoms with Crippen LogP contribution in [0.25, 0.3) is 0 Å². The summed E-state index contributed by atoms with van der Waals surface area (Å²) in [4.78, 5) is 16.8. The zero-order chi connectivity index (χ0) is 14.2. The number of rotatable bonds is 8. The van der Waals surface area contributed by atoms with Gasteiger partial charge in [-0.05, 0) is 29.3 Å². The highest BCUT2D eigenvalue weighted by Crippen LogP contribution is 2.18. The fraction of sp³-hybridized carbons (Fsp3) is 0.375. The molecule has 0 N–H and O–H groups in total. The molecular weight excluding hydrogens is 286 g/mol. The third-order valence-electron chi connectivity index (χ3n) is 3.10. The normalized spacial score (nSPS) is 10.7. The van der Waals surface area contributed by atoms with E-state index in [1.165, 1.54) is 9.75 Å². The summed E-state index contributed by atoms with van der Waals surface area (Å²) in [6.07, 6.45) is 3.50. The van der Waals surface area contributed by atoms with E-state index in [0.29, 0.717) is 6.42 Å². The Morgan fingerprint density at radius 2 is 1.65 bits per heavy atom. The zero-order valence-corrected chi connectivity index (χ0v) is 13.2. The van der Waals surface area contributed by atoms with Gasteiger partial charge in [-0.3, -0.25) is 4.79 Å². The van der Waals surface area contributed by atoms with Gasteiger partial charge in [0.25, 0.3) is 0 Å². The molecule has 1 amide bonds. The SMILES string of the molecule is [CH2]CCCCC(=O)N(Cc1cccs1)Cc1cccs1. The summed E-state index contributed by atoms with van der Waals surface area (Å²) in [5, 5.41) is 4.12. The van der Waals surface area contributed by atoms with Gasteiger partial charge in [-0.15, -0.1) is 22.7 Å². The van der Waals surface area contributed by atoms with Crippen molar-refractivity contribution in [3.05, 3.63) is 51.7 Å². The Labute approximate surface area is 129 Å². The van der Waals surface area contributed by atoms with Crippen LogP contribution in [0.5, 0.6) is 0 Å². The Bertz CT molecular complexity index is 454. The monoisotopic (exact) mass is 306 g/mol. The Kier molecular flexibility index (Phi) is 6.27. The molecule has 0 aliphatic rings. The largest absolute Gasteiger partial charge is 0.332 e. The van der Waals surface area contributed by atoms with Gasteiger partial charge in [0.1, 0.15) is 0 Å². The van der Waals surface area contributed by atoms with Crippen LogP contribution in [0.15, 0.2) is 35.0 Å². The zero-order valence-electron chi connectivity index (χ0n) is 11.6. The molecule has 0 aliphatic carbocycles. The quantitative estimate of drug-likeness (QED) is 0.645. The van der Waals surface area contributed by atoms with Crippen LogP contribution in [0.2, 0.25) is 0 Å². The molecule has 0 bridgehead atoms. The lowest BCUT2D eigenvalue weighted by Crippen LogP contribution is -2.29. The van der Waals surface area contributed by atoms with E-state index in [-0.39, 0.29) is 5.91 Å². The van der Waals surface area contributed by atoms with Crippen molar-refractivity contribution in [2.45, 2.75) is 38.8 Å². The van der Waals surface area contributed by atoms with Gasteiger partial charge < -0.3 is 4.90 Å². The van der Waals surface area contributed by atoms with Gasteiger partial charge in [0.05, 0.1) is 13.1 Å². The molecular formula is C16H20NOS2. The number of thiophene rings is 2. The van der Waals surface area contributed by atoms with E-state index in [1.54, 1.807) is 22.7 Å². The molecule has 1 radical (unpaired) electrons. The number of nitrogens with zero attached hydrogens (tertiary/aromatic N) is 1. The number of carbonyl (C=O) groups excluding carboxylic acids is 1. The lowest BCUT2D eigenvalue weighted by Gasteiger charge is -2.21. The Hall–Kier alpha value is -1.13. The molecule has 0 saturated carbocycles. The fourth-order valence-electron chi connectivity index (χ4n) is 2.02.